The van der Waals surface area contributed by atoms with Gasteiger partial charge in [-0.3, -0.25) is 4.79 Å². The number of hydrogen-bond acceptors (Lipinski definition) is 3. The zero-order valence-electron chi connectivity index (χ0n) is 17.9. The molecule has 0 aromatic rings. The molecule has 0 aromatic heterocycles. The van der Waals surface area contributed by atoms with Gasteiger partial charge in [0.2, 0.25) is 0 Å². The molecule has 0 heterocycles. The van der Waals surface area contributed by atoms with Crippen LogP contribution in [0.15, 0.2) is 0 Å². The summed E-state index contributed by atoms with van der Waals surface area (Å²) in [7, 11) is 0. The highest BCUT2D eigenvalue weighted by atomic mass is 16.4. The van der Waals surface area contributed by atoms with Gasteiger partial charge in [-0.15, -0.1) is 0 Å². The van der Waals surface area contributed by atoms with Crippen molar-refractivity contribution in [3.63, 3.8) is 0 Å². The van der Waals surface area contributed by atoms with Crippen LogP contribution in [0, 0.1) is 46.3 Å². The number of aliphatic hydroxyl groups is 2. The van der Waals surface area contributed by atoms with Crippen molar-refractivity contribution in [2.45, 2.75) is 97.2 Å². The van der Waals surface area contributed by atoms with Gasteiger partial charge in [0, 0.05) is 6.42 Å². The van der Waals surface area contributed by atoms with Gasteiger partial charge < -0.3 is 15.3 Å². The third-order valence-electron chi connectivity index (χ3n) is 10.3. The monoisotopic (exact) mass is 392 g/mol. The second-order valence-corrected chi connectivity index (χ2v) is 11.3. The maximum Gasteiger partial charge on any atom is 0.303 e. The topological polar surface area (TPSA) is 77.8 Å². The molecule has 0 aromatic carbocycles. The third kappa shape index (κ3) is 2.96. The standard InChI is InChI=1S/C24H40O4/c1-14(7-10-21(27)28)16-8-9-17-22-18(13-20(26)24(16,17)3)23(2)11-5-4-6-15(23)12-19(22)25/h14-20,22,25-26H,4-13H2,1-3H3,(H,27,28)/t14-,15+,16-,17?,18?,19-,20+,22+,23+,24-/m1/s1. The first-order valence-electron chi connectivity index (χ1n) is 11.8. The highest BCUT2D eigenvalue weighted by Crippen LogP contribution is 2.68. The van der Waals surface area contributed by atoms with E-state index in [1.807, 2.05) is 0 Å². The molecule has 3 N–H and O–H groups in total. The lowest BCUT2D eigenvalue weighted by molar-refractivity contribution is -0.201. The molecular formula is C24H40O4. The van der Waals surface area contributed by atoms with E-state index >= 15 is 0 Å². The summed E-state index contributed by atoms with van der Waals surface area (Å²) in [4.78, 5) is 11.1. The van der Waals surface area contributed by atoms with Gasteiger partial charge in [-0.1, -0.05) is 33.6 Å². The molecule has 0 spiro atoms. The van der Waals surface area contributed by atoms with Crippen LogP contribution in [-0.2, 0) is 4.79 Å². The maximum absolute atomic E-state index is 11.5. The first kappa shape index (κ1) is 20.7. The first-order chi connectivity index (χ1) is 13.2. The number of carboxylic acid groups (broad SMARTS) is 1. The van der Waals surface area contributed by atoms with E-state index in [1.165, 1.54) is 25.7 Å². The number of carbonyl (C=O) groups is 1. The smallest absolute Gasteiger partial charge is 0.303 e. The quantitative estimate of drug-likeness (QED) is 0.659. The van der Waals surface area contributed by atoms with Crippen molar-refractivity contribution in [1.29, 1.82) is 0 Å². The van der Waals surface area contributed by atoms with Gasteiger partial charge in [0.25, 0.3) is 0 Å². The Balaban J connectivity index is 1.61. The van der Waals surface area contributed by atoms with Crippen molar-refractivity contribution >= 4 is 5.97 Å². The predicted octanol–water partition coefficient (Wildman–Crippen LogP) is 4.48. The number of carboxylic acids is 1. The molecule has 0 radical (unpaired) electrons. The molecule has 4 saturated carbocycles. The molecule has 0 bridgehead atoms. The zero-order chi connectivity index (χ0) is 20.3. The molecular weight excluding hydrogens is 352 g/mol. The van der Waals surface area contributed by atoms with Crippen LogP contribution in [0.5, 0.6) is 0 Å². The van der Waals surface area contributed by atoms with E-state index in [0.29, 0.717) is 41.9 Å². The van der Waals surface area contributed by atoms with Crippen LogP contribution in [0.1, 0.15) is 85.0 Å². The Bertz CT molecular complexity index is 605. The second-order valence-electron chi connectivity index (χ2n) is 11.3. The van der Waals surface area contributed by atoms with Gasteiger partial charge in [-0.2, -0.15) is 0 Å². The molecule has 160 valence electrons. The predicted molar refractivity (Wildman–Crippen MR) is 109 cm³/mol. The highest BCUT2D eigenvalue weighted by molar-refractivity contribution is 5.66. The van der Waals surface area contributed by atoms with Gasteiger partial charge >= 0.3 is 5.97 Å². The van der Waals surface area contributed by atoms with Gasteiger partial charge in [0.1, 0.15) is 0 Å². The number of hydrogen-bond donors (Lipinski definition) is 3. The summed E-state index contributed by atoms with van der Waals surface area (Å²) in [5.74, 6) is 1.66. The van der Waals surface area contributed by atoms with Crippen LogP contribution < -0.4 is 0 Å². The van der Waals surface area contributed by atoms with Crippen molar-refractivity contribution in [3.8, 4) is 0 Å². The summed E-state index contributed by atoms with van der Waals surface area (Å²) in [6.07, 6.45) is 9.32. The molecule has 4 fully saturated rings. The molecule has 0 saturated heterocycles. The fourth-order valence-electron chi connectivity index (χ4n) is 8.74. The van der Waals surface area contributed by atoms with Gasteiger partial charge in [-0.25, -0.2) is 0 Å². The molecule has 28 heavy (non-hydrogen) atoms. The van der Waals surface area contributed by atoms with Gasteiger partial charge in [0.15, 0.2) is 0 Å². The van der Waals surface area contributed by atoms with Crippen molar-refractivity contribution < 1.29 is 20.1 Å². The normalized spacial score (nSPS) is 51.7. The third-order valence-corrected chi connectivity index (χ3v) is 10.3. The summed E-state index contributed by atoms with van der Waals surface area (Å²) in [6.45, 7) is 6.89. The van der Waals surface area contributed by atoms with E-state index < -0.39 is 5.97 Å². The zero-order valence-corrected chi connectivity index (χ0v) is 17.9. The average Bonchev–Trinajstić information content (AvgIpc) is 3.00. The molecule has 0 aliphatic heterocycles. The van der Waals surface area contributed by atoms with E-state index in [0.717, 1.165) is 25.7 Å². The molecule has 4 nitrogen and oxygen atoms in total. The van der Waals surface area contributed by atoms with Gasteiger partial charge in [-0.05, 0) is 91.3 Å². The molecule has 4 aliphatic carbocycles. The largest absolute Gasteiger partial charge is 0.481 e. The van der Waals surface area contributed by atoms with Crippen LogP contribution >= 0.6 is 0 Å². The lowest BCUT2D eigenvalue weighted by Gasteiger charge is -2.63. The minimum Gasteiger partial charge on any atom is -0.481 e. The SMILES string of the molecule is C[C@H](CCC(=O)O)[C@H]1CCC2[C@H]3C(C[C@H](O)[C@@]21C)[C@@]1(C)CCCC[C@H]1C[C@H]3O. The summed E-state index contributed by atoms with van der Waals surface area (Å²) < 4.78 is 0. The fraction of sp³-hybridized carbons (Fsp3) is 0.958. The van der Waals surface area contributed by atoms with Crippen LogP contribution in [-0.4, -0.2) is 33.5 Å². The Morgan fingerprint density at radius 3 is 2.54 bits per heavy atom. The Kier molecular flexibility index (Phi) is 5.36. The Labute approximate surface area is 170 Å². The minimum absolute atomic E-state index is 0.183. The van der Waals surface area contributed by atoms with Crippen LogP contribution in [0.25, 0.3) is 0 Å². The molecule has 4 aliphatic rings. The lowest BCUT2D eigenvalue weighted by Crippen LogP contribution is -2.61. The molecule has 2 unspecified atom stereocenters. The fourth-order valence-corrected chi connectivity index (χ4v) is 8.74. The van der Waals surface area contributed by atoms with E-state index in [-0.39, 0.29) is 29.5 Å². The Hall–Kier alpha value is -0.610. The van der Waals surface area contributed by atoms with E-state index in [4.69, 9.17) is 5.11 Å². The number of aliphatic carboxylic acids is 1. The van der Waals surface area contributed by atoms with E-state index in [1.54, 1.807) is 0 Å². The highest BCUT2D eigenvalue weighted by Gasteiger charge is 2.65. The van der Waals surface area contributed by atoms with Crippen LogP contribution in [0.4, 0.5) is 0 Å². The lowest BCUT2D eigenvalue weighted by atomic mass is 9.43. The van der Waals surface area contributed by atoms with E-state index in [2.05, 4.69) is 20.8 Å². The summed E-state index contributed by atoms with van der Waals surface area (Å²) in [5, 5.41) is 31.8. The Morgan fingerprint density at radius 1 is 1.07 bits per heavy atom. The van der Waals surface area contributed by atoms with Crippen molar-refractivity contribution in [3.05, 3.63) is 0 Å². The molecule has 0 amide bonds. The number of fused-ring (bicyclic) bond motifs is 5. The number of aliphatic hydroxyl groups excluding tert-OH is 2. The van der Waals surface area contributed by atoms with Crippen molar-refractivity contribution in [2.75, 3.05) is 0 Å². The maximum atomic E-state index is 11.5. The summed E-state index contributed by atoms with van der Waals surface area (Å²) >= 11 is 0. The van der Waals surface area contributed by atoms with Crippen LogP contribution in [0.2, 0.25) is 0 Å². The molecule has 4 rings (SSSR count). The van der Waals surface area contributed by atoms with Crippen LogP contribution in [0.3, 0.4) is 0 Å². The molecule has 4 heteroatoms. The summed E-state index contributed by atoms with van der Waals surface area (Å²) in [6, 6.07) is 0. The average molecular weight is 393 g/mol. The first-order valence-corrected chi connectivity index (χ1v) is 11.8. The molecule has 10 atom stereocenters. The second kappa shape index (κ2) is 7.27. The van der Waals surface area contributed by atoms with E-state index in [9.17, 15) is 15.0 Å². The van der Waals surface area contributed by atoms with Crippen molar-refractivity contribution in [2.24, 2.45) is 46.3 Å². The number of rotatable bonds is 4. The van der Waals surface area contributed by atoms with Crippen molar-refractivity contribution in [1.82, 2.24) is 0 Å². The minimum atomic E-state index is -0.727. The van der Waals surface area contributed by atoms with Gasteiger partial charge in [0.05, 0.1) is 12.2 Å². The Morgan fingerprint density at radius 2 is 1.82 bits per heavy atom. The summed E-state index contributed by atoms with van der Waals surface area (Å²) in [5.41, 5.74) is 0.0927.